The number of rotatable bonds is 6. The van der Waals surface area contributed by atoms with E-state index in [1.165, 1.54) is 4.31 Å². The van der Waals surface area contributed by atoms with Gasteiger partial charge in [-0.05, 0) is 80.8 Å². The van der Waals surface area contributed by atoms with Gasteiger partial charge in [0.05, 0.1) is 10.8 Å². The first-order valence-corrected chi connectivity index (χ1v) is 13.5. The number of carbonyl (C=O) groups is 1. The fourth-order valence-corrected chi connectivity index (χ4v) is 7.23. The van der Waals surface area contributed by atoms with Crippen molar-refractivity contribution in [3.63, 3.8) is 0 Å². The van der Waals surface area contributed by atoms with Crippen LogP contribution in [0.4, 0.5) is 5.69 Å². The van der Waals surface area contributed by atoms with Crippen molar-refractivity contribution in [2.75, 3.05) is 18.4 Å². The third-order valence-corrected chi connectivity index (χ3v) is 8.86. The number of carbonyl (C=O) groups excluding carboxylic acids is 1. The van der Waals surface area contributed by atoms with E-state index >= 15 is 0 Å². The summed E-state index contributed by atoms with van der Waals surface area (Å²) < 4.78 is 29.5. The van der Waals surface area contributed by atoms with Gasteiger partial charge in [-0.2, -0.15) is 4.31 Å². The second-order valence-electron chi connectivity index (χ2n) is 8.73. The Hall–Kier alpha value is -1.70. The van der Waals surface area contributed by atoms with Crippen molar-refractivity contribution in [3.8, 4) is 0 Å². The van der Waals surface area contributed by atoms with E-state index < -0.39 is 10.0 Å². The SMILES string of the molecule is CCc1cc(Br)cc(CC)c1NC(=O)[C@H]1CCCN(S(=O)(=O)c2c(C)cc(C)cc2C)C1. The highest BCUT2D eigenvalue weighted by atomic mass is 79.9. The maximum absolute atomic E-state index is 13.5. The van der Waals surface area contributed by atoms with Crippen LogP contribution in [0.1, 0.15) is 54.5 Å². The van der Waals surface area contributed by atoms with Crippen molar-refractivity contribution in [2.24, 2.45) is 5.92 Å². The number of benzene rings is 2. The van der Waals surface area contributed by atoms with Crippen LogP contribution in [0.2, 0.25) is 0 Å². The number of anilines is 1. The molecule has 0 unspecified atom stereocenters. The van der Waals surface area contributed by atoms with Crippen molar-refractivity contribution >= 4 is 37.5 Å². The summed E-state index contributed by atoms with van der Waals surface area (Å²) >= 11 is 3.55. The van der Waals surface area contributed by atoms with Crippen molar-refractivity contribution in [1.82, 2.24) is 4.31 Å². The maximum atomic E-state index is 13.5. The summed E-state index contributed by atoms with van der Waals surface area (Å²) in [4.78, 5) is 13.6. The summed E-state index contributed by atoms with van der Waals surface area (Å²) in [5.41, 5.74) is 5.58. The number of nitrogens with one attached hydrogen (secondary N) is 1. The van der Waals surface area contributed by atoms with E-state index in [0.717, 1.165) is 50.8 Å². The quantitative estimate of drug-likeness (QED) is 0.543. The van der Waals surface area contributed by atoms with Crippen molar-refractivity contribution in [1.29, 1.82) is 0 Å². The molecule has 2 aromatic carbocycles. The van der Waals surface area contributed by atoms with Gasteiger partial charge in [-0.15, -0.1) is 0 Å². The molecule has 0 saturated carbocycles. The standard InChI is InChI=1S/C25H33BrN2O3S/c1-6-19-13-22(26)14-20(7-2)23(19)27-25(29)21-9-8-10-28(15-21)32(30,31)24-17(4)11-16(3)12-18(24)5/h11-14,21H,6-10,15H2,1-5H3,(H,27,29)/t21-/m0/s1. The molecule has 1 amide bonds. The van der Waals surface area contributed by atoms with E-state index in [1.807, 2.05) is 45.0 Å². The molecule has 0 aliphatic carbocycles. The average Bonchev–Trinajstić information content (AvgIpc) is 2.73. The van der Waals surface area contributed by atoms with Gasteiger partial charge in [-0.1, -0.05) is 47.5 Å². The van der Waals surface area contributed by atoms with Crippen LogP contribution in [0.25, 0.3) is 0 Å². The Morgan fingerprint density at radius 3 is 2.16 bits per heavy atom. The number of hydrogen-bond donors (Lipinski definition) is 1. The highest BCUT2D eigenvalue weighted by Crippen LogP contribution is 2.31. The Bertz CT molecular complexity index is 1080. The molecule has 0 radical (unpaired) electrons. The van der Waals surface area contributed by atoms with Crippen LogP contribution in [0.3, 0.4) is 0 Å². The lowest BCUT2D eigenvalue weighted by Crippen LogP contribution is -2.44. The smallest absolute Gasteiger partial charge is 0.243 e. The predicted molar refractivity (Wildman–Crippen MR) is 134 cm³/mol. The Labute approximate surface area is 200 Å². The van der Waals surface area contributed by atoms with Gasteiger partial charge in [-0.25, -0.2) is 8.42 Å². The molecule has 1 N–H and O–H groups in total. The molecule has 1 aliphatic rings. The Balaban J connectivity index is 1.85. The van der Waals surface area contributed by atoms with E-state index in [2.05, 4.69) is 35.1 Å². The van der Waals surface area contributed by atoms with E-state index in [0.29, 0.717) is 24.3 Å². The largest absolute Gasteiger partial charge is 0.325 e. The van der Waals surface area contributed by atoms with Gasteiger partial charge in [0.15, 0.2) is 0 Å². The van der Waals surface area contributed by atoms with Gasteiger partial charge in [0.1, 0.15) is 0 Å². The molecule has 0 aromatic heterocycles. The zero-order chi connectivity index (χ0) is 23.6. The number of halogens is 1. The second kappa shape index (κ2) is 10.1. The molecule has 7 heteroatoms. The maximum Gasteiger partial charge on any atom is 0.243 e. The zero-order valence-corrected chi connectivity index (χ0v) is 22.0. The normalized spacial score (nSPS) is 17.4. The van der Waals surface area contributed by atoms with Crippen LogP contribution in [0.15, 0.2) is 33.6 Å². The Morgan fingerprint density at radius 2 is 1.62 bits per heavy atom. The second-order valence-corrected chi connectivity index (χ2v) is 11.5. The van der Waals surface area contributed by atoms with Crippen molar-refractivity contribution in [3.05, 3.63) is 56.6 Å². The average molecular weight is 522 g/mol. The number of hydrogen-bond acceptors (Lipinski definition) is 3. The summed E-state index contributed by atoms with van der Waals surface area (Å²) in [6, 6.07) is 7.88. The summed E-state index contributed by atoms with van der Waals surface area (Å²) in [5, 5.41) is 3.14. The number of aryl methyl sites for hydroxylation is 5. The third kappa shape index (κ3) is 5.10. The van der Waals surface area contributed by atoms with Crippen LogP contribution in [-0.2, 0) is 27.7 Å². The van der Waals surface area contributed by atoms with Crippen LogP contribution in [-0.4, -0.2) is 31.7 Å². The fourth-order valence-electron chi connectivity index (χ4n) is 4.75. The molecule has 3 rings (SSSR count). The number of piperidine rings is 1. The molecule has 0 bridgehead atoms. The molecular weight excluding hydrogens is 488 g/mol. The first-order chi connectivity index (χ1) is 15.1. The lowest BCUT2D eigenvalue weighted by atomic mass is 9.97. The van der Waals surface area contributed by atoms with Crippen LogP contribution in [0.5, 0.6) is 0 Å². The summed E-state index contributed by atoms with van der Waals surface area (Å²) in [5.74, 6) is -0.475. The monoisotopic (exact) mass is 520 g/mol. The van der Waals surface area contributed by atoms with E-state index in [9.17, 15) is 13.2 Å². The van der Waals surface area contributed by atoms with E-state index in [-0.39, 0.29) is 18.4 Å². The first-order valence-electron chi connectivity index (χ1n) is 11.3. The van der Waals surface area contributed by atoms with Gasteiger partial charge < -0.3 is 5.32 Å². The molecular formula is C25H33BrN2O3S. The van der Waals surface area contributed by atoms with Gasteiger partial charge in [0, 0.05) is 23.2 Å². The van der Waals surface area contributed by atoms with Gasteiger partial charge in [-0.3, -0.25) is 4.79 Å². The molecule has 0 spiro atoms. The van der Waals surface area contributed by atoms with E-state index in [4.69, 9.17) is 0 Å². The molecule has 174 valence electrons. The summed E-state index contributed by atoms with van der Waals surface area (Å²) in [7, 11) is -3.66. The molecule has 1 heterocycles. The third-order valence-electron chi connectivity index (χ3n) is 6.23. The lowest BCUT2D eigenvalue weighted by molar-refractivity contribution is -0.120. The summed E-state index contributed by atoms with van der Waals surface area (Å²) in [6.07, 6.45) is 2.96. The lowest BCUT2D eigenvalue weighted by Gasteiger charge is -2.32. The Kier molecular flexibility index (Phi) is 7.84. The Morgan fingerprint density at radius 1 is 1.06 bits per heavy atom. The number of sulfonamides is 1. The molecule has 32 heavy (non-hydrogen) atoms. The molecule has 1 atom stereocenters. The highest BCUT2D eigenvalue weighted by Gasteiger charge is 2.35. The minimum atomic E-state index is -3.66. The number of nitrogens with zero attached hydrogens (tertiary/aromatic N) is 1. The van der Waals surface area contributed by atoms with Crippen LogP contribution in [0, 0.1) is 26.7 Å². The fraction of sp³-hybridized carbons (Fsp3) is 0.480. The van der Waals surface area contributed by atoms with Crippen molar-refractivity contribution in [2.45, 2.75) is 65.2 Å². The first kappa shape index (κ1) is 24.9. The van der Waals surface area contributed by atoms with E-state index in [1.54, 1.807) is 0 Å². The van der Waals surface area contributed by atoms with Gasteiger partial charge >= 0.3 is 0 Å². The minimum absolute atomic E-state index is 0.103. The van der Waals surface area contributed by atoms with Crippen molar-refractivity contribution < 1.29 is 13.2 Å². The number of amides is 1. The summed E-state index contributed by atoms with van der Waals surface area (Å²) in [6.45, 7) is 10.4. The predicted octanol–water partition coefficient (Wildman–Crippen LogP) is 5.54. The molecule has 5 nitrogen and oxygen atoms in total. The van der Waals surface area contributed by atoms with Gasteiger partial charge in [0.2, 0.25) is 15.9 Å². The zero-order valence-electron chi connectivity index (χ0n) is 19.6. The van der Waals surface area contributed by atoms with Crippen LogP contribution >= 0.6 is 15.9 Å². The molecule has 1 fully saturated rings. The highest BCUT2D eigenvalue weighted by molar-refractivity contribution is 9.10. The molecule has 2 aromatic rings. The topological polar surface area (TPSA) is 66.5 Å². The molecule has 1 saturated heterocycles. The van der Waals surface area contributed by atoms with Crippen LogP contribution < -0.4 is 5.32 Å². The minimum Gasteiger partial charge on any atom is -0.325 e. The van der Waals surface area contributed by atoms with Gasteiger partial charge in [0.25, 0.3) is 0 Å². The molecule has 1 aliphatic heterocycles.